The van der Waals surface area contributed by atoms with Gasteiger partial charge in [0, 0.05) is 19.0 Å². The summed E-state index contributed by atoms with van der Waals surface area (Å²) in [4.78, 5) is 11.1. The monoisotopic (exact) mass is 287 g/mol. The Balaban J connectivity index is 0. The van der Waals surface area contributed by atoms with Gasteiger partial charge in [0.2, 0.25) is 15.9 Å². The average Bonchev–Trinajstić information content (AvgIpc) is 2.12. The fourth-order valence-corrected chi connectivity index (χ4v) is 2.30. The summed E-state index contributed by atoms with van der Waals surface area (Å²) in [6.07, 6.45) is 0.955. The van der Waals surface area contributed by atoms with Crippen molar-refractivity contribution in [2.75, 3.05) is 18.8 Å². The van der Waals surface area contributed by atoms with Gasteiger partial charge in [0.1, 0.15) is 0 Å². The van der Waals surface area contributed by atoms with E-state index in [1.165, 1.54) is 0 Å². The Morgan fingerprint density at radius 1 is 1.35 bits per heavy atom. The molecule has 0 saturated carbocycles. The first kappa shape index (κ1) is 19.0. The standard InChI is InChI=1S/C9H21N3O3S.ClH/c1-8(2)12-16(14,15)7-6-11-9(13)4-3-5-10;/h8,12H,3-7,10H2,1-2H3,(H,11,13);1H. The minimum atomic E-state index is -3.29. The van der Waals surface area contributed by atoms with Gasteiger partial charge in [-0.1, -0.05) is 0 Å². The lowest BCUT2D eigenvalue weighted by molar-refractivity contribution is -0.121. The van der Waals surface area contributed by atoms with Crippen LogP contribution in [-0.2, 0) is 14.8 Å². The van der Waals surface area contributed by atoms with E-state index in [1.807, 2.05) is 0 Å². The highest BCUT2D eigenvalue weighted by Gasteiger charge is 2.11. The molecule has 0 bridgehead atoms. The lowest BCUT2D eigenvalue weighted by atomic mass is 10.3. The number of sulfonamides is 1. The molecule has 6 nitrogen and oxygen atoms in total. The molecule has 1 amide bonds. The van der Waals surface area contributed by atoms with E-state index in [2.05, 4.69) is 10.0 Å². The third kappa shape index (κ3) is 11.9. The van der Waals surface area contributed by atoms with Crippen molar-refractivity contribution < 1.29 is 13.2 Å². The smallest absolute Gasteiger partial charge is 0.220 e. The van der Waals surface area contributed by atoms with Crippen molar-refractivity contribution >= 4 is 28.3 Å². The van der Waals surface area contributed by atoms with Crippen LogP contribution in [0.3, 0.4) is 0 Å². The second-order valence-corrected chi connectivity index (χ2v) is 5.71. The zero-order valence-electron chi connectivity index (χ0n) is 10.2. The number of hydrogen-bond donors (Lipinski definition) is 3. The molecule has 0 spiro atoms. The largest absolute Gasteiger partial charge is 0.355 e. The SMILES string of the molecule is CC(C)NS(=O)(=O)CCNC(=O)CCCN.Cl. The summed E-state index contributed by atoms with van der Waals surface area (Å²) in [5.74, 6) is -0.260. The summed E-state index contributed by atoms with van der Waals surface area (Å²) >= 11 is 0. The second kappa shape index (κ2) is 9.64. The molecule has 0 unspecified atom stereocenters. The van der Waals surface area contributed by atoms with Crippen LogP contribution in [0.5, 0.6) is 0 Å². The van der Waals surface area contributed by atoms with E-state index < -0.39 is 10.0 Å². The van der Waals surface area contributed by atoms with E-state index in [0.29, 0.717) is 19.4 Å². The van der Waals surface area contributed by atoms with E-state index in [0.717, 1.165) is 0 Å². The molecule has 0 radical (unpaired) electrons. The van der Waals surface area contributed by atoms with Gasteiger partial charge in [0.05, 0.1) is 5.75 Å². The summed E-state index contributed by atoms with van der Waals surface area (Å²) in [6, 6.07) is -0.127. The molecule has 0 aliphatic carbocycles. The number of nitrogens with one attached hydrogen (secondary N) is 2. The molecule has 17 heavy (non-hydrogen) atoms. The maximum Gasteiger partial charge on any atom is 0.220 e. The first-order chi connectivity index (χ1) is 7.37. The highest BCUT2D eigenvalue weighted by Crippen LogP contribution is 1.89. The number of amides is 1. The van der Waals surface area contributed by atoms with Gasteiger partial charge < -0.3 is 11.1 Å². The highest BCUT2D eigenvalue weighted by atomic mass is 35.5. The van der Waals surface area contributed by atoms with E-state index in [-0.39, 0.29) is 36.7 Å². The van der Waals surface area contributed by atoms with Gasteiger partial charge in [-0.2, -0.15) is 0 Å². The first-order valence-electron chi connectivity index (χ1n) is 5.34. The van der Waals surface area contributed by atoms with E-state index in [1.54, 1.807) is 13.8 Å². The average molecular weight is 288 g/mol. The van der Waals surface area contributed by atoms with Crippen molar-refractivity contribution in [2.45, 2.75) is 32.7 Å². The normalized spacial score (nSPS) is 11.1. The molecule has 104 valence electrons. The van der Waals surface area contributed by atoms with E-state index in [4.69, 9.17) is 5.73 Å². The van der Waals surface area contributed by atoms with Crippen molar-refractivity contribution in [1.29, 1.82) is 0 Å². The quantitative estimate of drug-likeness (QED) is 0.565. The van der Waals surface area contributed by atoms with Crippen LogP contribution in [-0.4, -0.2) is 39.2 Å². The number of carbonyl (C=O) groups excluding carboxylic acids is 1. The molecule has 0 saturated heterocycles. The van der Waals surface area contributed by atoms with Gasteiger partial charge in [0.25, 0.3) is 0 Å². The van der Waals surface area contributed by atoms with Crippen LogP contribution in [0.25, 0.3) is 0 Å². The van der Waals surface area contributed by atoms with Crippen molar-refractivity contribution in [3.05, 3.63) is 0 Å². The summed E-state index contributed by atoms with van der Waals surface area (Å²) < 4.78 is 25.1. The van der Waals surface area contributed by atoms with Gasteiger partial charge in [-0.25, -0.2) is 13.1 Å². The molecule has 0 atom stereocenters. The van der Waals surface area contributed by atoms with Crippen LogP contribution < -0.4 is 15.8 Å². The maximum atomic E-state index is 11.4. The fraction of sp³-hybridized carbons (Fsp3) is 0.889. The molecular weight excluding hydrogens is 266 g/mol. The Kier molecular flexibility index (Phi) is 10.8. The van der Waals surface area contributed by atoms with Crippen molar-refractivity contribution in [3.63, 3.8) is 0 Å². The Morgan fingerprint density at radius 2 is 1.94 bits per heavy atom. The molecule has 4 N–H and O–H groups in total. The molecule has 0 heterocycles. The minimum absolute atomic E-state index is 0. The van der Waals surface area contributed by atoms with Crippen LogP contribution >= 0.6 is 12.4 Å². The zero-order valence-corrected chi connectivity index (χ0v) is 11.9. The third-order valence-electron chi connectivity index (χ3n) is 1.72. The summed E-state index contributed by atoms with van der Waals surface area (Å²) in [7, 11) is -3.29. The van der Waals surface area contributed by atoms with Gasteiger partial charge in [-0.3, -0.25) is 4.79 Å². The van der Waals surface area contributed by atoms with Gasteiger partial charge in [-0.05, 0) is 26.8 Å². The van der Waals surface area contributed by atoms with Crippen LogP contribution in [0, 0.1) is 0 Å². The lowest BCUT2D eigenvalue weighted by Gasteiger charge is -2.09. The third-order valence-corrected chi connectivity index (χ3v) is 3.29. The van der Waals surface area contributed by atoms with Crippen molar-refractivity contribution in [3.8, 4) is 0 Å². The summed E-state index contributed by atoms with van der Waals surface area (Å²) in [5, 5.41) is 2.53. The van der Waals surface area contributed by atoms with Crippen LogP contribution in [0.2, 0.25) is 0 Å². The maximum absolute atomic E-state index is 11.4. The van der Waals surface area contributed by atoms with E-state index >= 15 is 0 Å². The highest BCUT2D eigenvalue weighted by molar-refractivity contribution is 7.89. The zero-order chi connectivity index (χ0) is 12.6. The van der Waals surface area contributed by atoms with Gasteiger partial charge in [-0.15, -0.1) is 12.4 Å². The van der Waals surface area contributed by atoms with Gasteiger partial charge in [0.15, 0.2) is 0 Å². The molecule has 0 aromatic rings. The van der Waals surface area contributed by atoms with Crippen molar-refractivity contribution in [2.24, 2.45) is 5.73 Å². The molecule has 0 rings (SSSR count). The lowest BCUT2D eigenvalue weighted by Crippen LogP contribution is -2.37. The molecule has 0 aliphatic rings. The summed E-state index contributed by atoms with van der Waals surface area (Å²) in [5.41, 5.74) is 5.24. The minimum Gasteiger partial charge on any atom is -0.355 e. The molecular formula is C9H22ClN3O3S. The first-order valence-corrected chi connectivity index (χ1v) is 6.99. The predicted octanol–water partition coefficient (Wildman–Crippen LogP) is -0.409. The Hall–Kier alpha value is -0.370. The number of nitrogens with two attached hydrogens (primary N) is 1. The second-order valence-electron chi connectivity index (χ2n) is 3.83. The Labute approximate surface area is 109 Å². The molecule has 0 fully saturated rings. The molecule has 8 heteroatoms. The molecule has 0 aromatic carbocycles. The number of hydrogen-bond acceptors (Lipinski definition) is 4. The number of halogens is 1. The van der Waals surface area contributed by atoms with Crippen LogP contribution in [0.1, 0.15) is 26.7 Å². The van der Waals surface area contributed by atoms with Crippen LogP contribution in [0.15, 0.2) is 0 Å². The molecule has 0 aliphatic heterocycles. The van der Waals surface area contributed by atoms with E-state index in [9.17, 15) is 13.2 Å². The predicted molar refractivity (Wildman–Crippen MR) is 70.6 cm³/mol. The van der Waals surface area contributed by atoms with Gasteiger partial charge >= 0.3 is 0 Å². The topological polar surface area (TPSA) is 101 Å². The fourth-order valence-electron chi connectivity index (χ4n) is 1.09. The number of rotatable bonds is 8. The van der Waals surface area contributed by atoms with Crippen molar-refractivity contribution in [1.82, 2.24) is 10.0 Å². The Morgan fingerprint density at radius 3 is 2.41 bits per heavy atom. The molecule has 0 aromatic heterocycles. The van der Waals surface area contributed by atoms with Crippen LogP contribution in [0.4, 0.5) is 0 Å². The summed E-state index contributed by atoms with van der Waals surface area (Å²) in [6.45, 7) is 4.08. The Bertz CT molecular complexity index is 307. The number of carbonyl (C=O) groups is 1.